The van der Waals surface area contributed by atoms with Crippen LogP contribution in [0.15, 0.2) is 53.9 Å². The number of fused-ring (bicyclic) bond motifs is 1. The minimum absolute atomic E-state index is 0.249. The molecule has 5 nitrogen and oxygen atoms in total. The standard InChI is InChI=1S/C16H15N3O2S/c1-22-16-17-8-13-7-14(19(20)9-15(13)18-16)11-21-10-12-5-3-2-4-6-12/h2-9H,10-11H2,1H3. The molecule has 2 aromatic heterocycles. The number of thioether (sulfide) groups is 1. The molecule has 0 aliphatic rings. The highest BCUT2D eigenvalue weighted by Crippen LogP contribution is 2.15. The number of aromatic nitrogens is 3. The van der Waals surface area contributed by atoms with Crippen LogP contribution in [0.4, 0.5) is 0 Å². The van der Waals surface area contributed by atoms with E-state index in [1.165, 1.54) is 18.0 Å². The van der Waals surface area contributed by atoms with E-state index >= 15 is 0 Å². The van der Waals surface area contributed by atoms with Gasteiger partial charge in [-0.3, -0.25) is 0 Å². The number of benzene rings is 1. The molecule has 112 valence electrons. The van der Waals surface area contributed by atoms with E-state index in [1.807, 2.05) is 36.6 Å². The first-order valence-corrected chi connectivity index (χ1v) is 8.03. The van der Waals surface area contributed by atoms with Crippen LogP contribution in [0.25, 0.3) is 10.9 Å². The van der Waals surface area contributed by atoms with Crippen molar-refractivity contribution in [3.05, 3.63) is 65.3 Å². The van der Waals surface area contributed by atoms with Crippen LogP contribution < -0.4 is 4.73 Å². The fourth-order valence-corrected chi connectivity index (χ4v) is 2.44. The maximum atomic E-state index is 12.0. The molecular weight excluding hydrogens is 298 g/mol. The minimum Gasteiger partial charge on any atom is -0.618 e. The molecule has 0 amide bonds. The molecule has 0 N–H and O–H groups in total. The molecule has 0 aliphatic carbocycles. The van der Waals surface area contributed by atoms with E-state index in [0.717, 1.165) is 15.7 Å². The van der Waals surface area contributed by atoms with Gasteiger partial charge in [0.05, 0.1) is 6.61 Å². The summed E-state index contributed by atoms with van der Waals surface area (Å²) in [4.78, 5) is 8.54. The summed E-state index contributed by atoms with van der Waals surface area (Å²) in [6.45, 7) is 0.722. The SMILES string of the molecule is CSc1ncc2cc(COCc3ccccc3)[n+]([O-])cc2n1. The van der Waals surface area contributed by atoms with E-state index < -0.39 is 0 Å². The molecule has 3 rings (SSSR count). The van der Waals surface area contributed by atoms with Crippen LogP contribution >= 0.6 is 11.8 Å². The highest BCUT2D eigenvalue weighted by Gasteiger charge is 2.10. The van der Waals surface area contributed by atoms with Crippen molar-refractivity contribution >= 4 is 22.7 Å². The lowest BCUT2D eigenvalue weighted by Gasteiger charge is -2.07. The van der Waals surface area contributed by atoms with Gasteiger partial charge in [-0.05, 0) is 11.8 Å². The van der Waals surface area contributed by atoms with E-state index in [-0.39, 0.29) is 6.61 Å². The number of rotatable bonds is 5. The fraction of sp³-hybridized carbons (Fsp3) is 0.188. The summed E-state index contributed by atoms with van der Waals surface area (Å²) in [5.41, 5.74) is 2.26. The zero-order valence-electron chi connectivity index (χ0n) is 12.1. The first kappa shape index (κ1) is 14.7. The average Bonchev–Trinajstić information content (AvgIpc) is 2.56. The second-order valence-electron chi connectivity index (χ2n) is 4.77. The lowest BCUT2D eigenvalue weighted by molar-refractivity contribution is -0.615. The molecule has 0 bridgehead atoms. The van der Waals surface area contributed by atoms with E-state index in [4.69, 9.17) is 4.74 Å². The van der Waals surface area contributed by atoms with E-state index in [2.05, 4.69) is 9.97 Å². The molecule has 0 saturated carbocycles. The lowest BCUT2D eigenvalue weighted by atomic mass is 10.2. The first-order chi connectivity index (χ1) is 10.8. The van der Waals surface area contributed by atoms with Gasteiger partial charge in [-0.15, -0.1) is 0 Å². The van der Waals surface area contributed by atoms with Crippen molar-refractivity contribution in [3.8, 4) is 0 Å². The number of hydrogen-bond donors (Lipinski definition) is 0. The lowest BCUT2D eigenvalue weighted by Crippen LogP contribution is -2.31. The fourth-order valence-electron chi connectivity index (χ4n) is 2.09. The van der Waals surface area contributed by atoms with Crippen molar-refractivity contribution in [1.82, 2.24) is 9.97 Å². The molecule has 0 atom stereocenters. The summed E-state index contributed by atoms with van der Waals surface area (Å²) in [6, 6.07) is 11.6. The zero-order chi connectivity index (χ0) is 15.4. The maximum Gasteiger partial charge on any atom is 0.219 e. The molecule has 22 heavy (non-hydrogen) atoms. The van der Waals surface area contributed by atoms with Gasteiger partial charge in [0, 0.05) is 17.6 Å². The highest BCUT2D eigenvalue weighted by atomic mass is 32.2. The molecular formula is C16H15N3O2S. The smallest absolute Gasteiger partial charge is 0.219 e. The molecule has 1 aromatic carbocycles. The number of pyridine rings is 1. The molecule has 0 saturated heterocycles. The molecule has 0 spiro atoms. The van der Waals surface area contributed by atoms with Crippen molar-refractivity contribution < 1.29 is 9.47 Å². The van der Waals surface area contributed by atoms with Crippen molar-refractivity contribution in [1.29, 1.82) is 0 Å². The van der Waals surface area contributed by atoms with Crippen molar-refractivity contribution in [2.24, 2.45) is 0 Å². The normalized spacial score (nSPS) is 11.0. The first-order valence-electron chi connectivity index (χ1n) is 6.81. The van der Waals surface area contributed by atoms with Gasteiger partial charge in [-0.1, -0.05) is 42.1 Å². The summed E-state index contributed by atoms with van der Waals surface area (Å²) >= 11 is 1.45. The minimum atomic E-state index is 0.249. The summed E-state index contributed by atoms with van der Waals surface area (Å²) in [6.07, 6.45) is 5.10. The van der Waals surface area contributed by atoms with Crippen LogP contribution in [0.2, 0.25) is 0 Å². The monoisotopic (exact) mass is 313 g/mol. The van der Waals surface area contributed by atoms with Gasteiger partial charge in [0.25, 0.3) is 0 Å². The number of ether oxygens (including phenoxy) is 1. The van der Waals surface area contributed by atoms with Crippen molar-refractivity contribution in [3.63, 3.8) is 0 Å². The molecule has 0 unspecified atom stereocenters. The third-order valence-corrected chi connectivity index (χ3v) is 3.78. The molecule has 0 fully saturated rings. The average molecular weight is 313 g/mol. The molecule has 0 radical (unpaired) electrons. The molecule has 2 heterocycles. The van der Waals surface area contributed by atoms with Crippen molar-refractivity contribution in [2.45, 2.75) is 18.4 Å². The van der Waals surface area contributed by atoms with Crippen LogP contribution in [0, 0.1) is 5.21 Å². The Hall–Kier alpha value is -2.18. The van der Waals surface area contributed by atoms with Crippen LogP contribution in [-0.4, -0.2) is 16.2 Å². The Morgan fingerprint density at radius 1 is 1.23 bits per heavy atom. The largest absolute Gasteiger partial charge is 0.618 e. The Kier molecular flexibility index (Phi) is 4.50. The maximum absolute atomic E-state index is 12.0. The summed E-state index contributed by atoms with van der Waals surface area (Å²) in [5.74, 6) is 0. The van der Waals surface area contributed by atoms with Crippen LogP contribution in [-0.2, 0) is 18.0 Å². The summed E-state index contributed by atoms with van der Waals surface area (Å²) in [7, 11) is 0. The topological polar surface area (TPSA) is 62.0 Å². The number of hydrogen-bond acceptors (Lipinski definition) is 5. The Balaban J connectivity index is 1.75. The summed E-state index contributed by atoms with van der Waals surface area (Å²) in [5, 5.41) is 13.5. The number of nitrogens with zero attached hydrogens (tertiary/aromatic N) is 3. The Labute approximate surface area is 132 Å². The second-order valence-corrected chi connectivity index (χ2v) is 5.54. The van der Waals surface area contributed by atoms with E-state index in [1.54, 1.807) is 12.3 Å². The predicted molar refractivity (Wildman–Crippen MR) is 85.2 cm³/mol. The quantitative estimate of drug-likeness (QED) is 0.314. The van der Waals surface area contributed by atoms with Crippen LogP contribution in [0.5, 0.6) is 0 Å². The zero-order valence-corrected chi connectivity index (χ0v) is 12.9. The van der Waals surface area contributed by atoms with Crippen LogP contribution in [0.3, 0.4) is 0 Å². The van der Waals surface area contributed by atoms with Gasteiger partial charge in [-0.2, -0.15) is 4.73 Å². The Bertz CT molecular complexity index is 781. The summed E-state index contributed by atoms with van der Waals surface area (Å²) < 4.78 is 6.42. The second kappa shape index (κ2) is 6.72. The Morgan fingerprint density at radius 2 is 2.05 bits per heavy atom. The van der Waals surface area contributed by atoms with Gasteiger partial charge < -0.3 is 9.94 Å². The highest BCUT2D eigenvalue weighted by molar-refractivity contribution is 7.98. The van der Waals surface area contributed by atoms with Gasteiger partial charge in [-0.25, -0.2) is 9.97 Å². The molecule has 6 heteroatoms. The van der Waals surface area contributed by atoms with Gasteiger partial charge >= 0.3 is 0 Å². The molecule has 0 aliphatic heterocycles. The Morgan fingerprint density at radius 3 is 2.82 bits per heavy atom. The van der Waals surface area contributed by atoms with Gasteiger partial charge in [0.15, 0.2) is 5.16 Å². The van der Waals surface area contributed by atoms with E-state index in [0.29, 0.717) is 23.0 Å². The van der Waals surface area contributed by atoms with Gasteiger partial charge in [0.2, 0.25) is 11.9 Å². The van der Waals surface area contributed by atoms with E-state index in [9.17, 15) is 5.21 Å². The third kappa shape index (κ3) is 3.35. The third-order valence-electron chi connectivity index (χ3n) is 3.21. The molecule has 3 aromatic rings. The van der Waals surface area contributed by atoms with Crippen LogP contribution in [0.1, 0.15) is 11.3 Å². The van der Waals surface area contributed by atoms with Crippen molar-refractivity contribution in [2.75, 3.05) is 6.26 Å². The predicted octanol–water partition coefficient (Wildman–Crippen LogP) is 2.70. The van der Waals surface area contributed by atoms with Gasteiger partial charge in [0.1, 0.15) is 12.1 Å².